The van der Waals surface area contributed by atoms with E-state index in [4.69, 9.17) is 5.53 Å². The van der Waals surface area contributed by atoms with Crippen molar-refractivity contribution in [3.8, 4) is 0 Å². The van der Waals surface area contributed by atoms with Crippen molar-refractivity contribution >= 4 is 23.2 Å². The number of nitrogens with zero attached hydrogens (tertiary/aromatic N) is 3. The van der Waals surface area contributed by atoms with Gasteiger partial charge in [-0.25, -0.2) is 0 Å². The van der Waals surface area contributed by atoms with Crippen LogP contribution in [0.2, 0.25) is 0 Å². The molecule has 0 radical (unpaired) electrons. The fourth-order valence-corrected chi connectivity index (χ4v) is 8.93. The molecule has 3 nitrogen and oxygen atoms in total. The molecule has 0 aromatic heterocycles. The van der Waals surface area contributed by atoms with Gasteiger partial charge >= 0.3 is 0 Å². The molecule has 0 heterocycles. The Kier molecular flexibility index (Phi) is 12.9. The Bertz CT molecular complexity index is 848. The van der Waals surface area contributed by atoms with Crippen LogP contribution in [-0.4, -0.2) is 12.7 Å². The Labute approximate surface area is 210 Å². The monoisotopic (exact) mass is 523 g/mol. The first kappa shape index (κ1) is 27.1. The second-order valence-corrected chi connectivity index (χ2v) is 11.9. The van der Waals surface area contributed by atoms with Gasteiger partial charge in [-0.2, -0.15) is 0 Å². The van der Waals surface area contributed by atoms with Crippen LogP contribution in [0.4, 0.5) is 0 Å². The van der Waals surface area contributed by atoms with E-state index in [1.54, 1.807) is 0 Å². The average molecular weight is 524 g/mol. The fraction of sp³-hybridized carbons (Fsp3) is 0.357. The maximum atomic E-state index is 8.33. The van der Waals surface area contributed by atoms with Gasteiger partial charge in [0, 0.05) is 11.5 Å². The zero-order valence-corrected chi connectivity index (χ0v) is 21.9. The minimum atomic E-state index is -1.67. The Hall–Kier alpha value is -2.12. The lowest BCUT2D eigenvalue weighted by atomic mass is 10.1. The molecular weight excluding hydrogens is 489 g/mol. The van der Waals surface area contributed by atoms with Gasteiger partial charge in [0.2, 0.25) is 0 Å². The van der Waals surface area contributed by atoms with E-state index < -0.39 is 7.26 Å². The average Bonchev–Trinajstić information content (AvgIpc) is 2.87. The predicted molar refractivity (Wildman–Crippen MR) is 141 cm³/mol. The van der Waals surface area contributed by atoms with E-state index in [9.17, 15) is 0 Å². The number of benzene rings is 3. The van der Waals surface area contributed by atoms with Crippen LogP contribution in [0.3, 0.4) is 0 Å². The third kappa shape index (κ3) is 8.00. The Morgan fingerprint density at radius 1 is 0.545 bits per heavy atom. The molecular formula is C28H35BrN3P. The zero-order chi connectivity index (χ0) is 22.3. The molecule has 3 aromatic carbocycles. The molecule has 0 saturated heterocycles. The zero-order valence-electron chi connectivity index (χ0n) is 19.4. The van der Waals surface area contributed by atoms with Crippen LogP contribution in [0.25, 0.3) is 10.4 Å². The fourth-order valence-electron chi connectivity index (χ4n) is 4.52. The van der Waals surface area contributed by atoms with E-state index in [1.165, 1.54) is 67.0 Å². The number of halogens is 1. The molecule has 33 heavy (non-hydrogen) atoms. The minimum Gasteiger partial charge on any atom is -1.00 e. The highest BCUT2D eigenvalue weighted by molar-refractivity contribution is 7.95. The second kappa shape index (κ2) is 15.7. The van der Waals surface area contributed by atoms with Gasteiger partial charge in [0.15, 0.2) is 0 Å². The molecule has 0 amide bonds. The summed E-state index contributed by atoms with van der Waals surface area (Å²) >= 11 is 0. The second-order valence-electron chi connectivity index (χ2n) is 8.32. The molecule has 3 aromatic rings. The molecule has 0 N–H and O–H groups in total. The van der Waals surface area contributed by atoms with Gasteiger partial charge in [0.1, 0.15) is 23.2 Å². The standard InChI is InChI=1S/C28H35N3P.BrH/c29-31-30-24-16-5-3-1-2-4-6-17-25-32(26-18-10-7-11-19-26,27-20-12-8-13-21-27)28-22-14-9-15-23-28;/h7-15,18-23H,1-6,16-17,24-25H2;1H/q+1;/p-1. The molecule has 0 unspecified atom stereocenters. The van der Waals surface area contributed by atoms with E-state index in [-0.39, 0.29) is 17.0 Å². The summed E-state index contributed by atoms with van der Waals surface area (Å²) in [6.45, 7) is 0.640. The SMILES string of the molecule is [Br-].[N-]=[N+]=NCCCCCCCCCC[P+](c1ccccc1)(c1ccccc1)c1ccccc1. The Balaban J connectivity index is 0.00000385. The molecule has 0 saturated carbocycles. The molecule has 0 aliphatic rings. The van der Waals surface area contributed by atoms with Crippen molar-refractivity contribution in [3.05, 3.63) is 101 Å². The third-order valence-corrected chi connectivity index (χ3v) is 10.7. The van der Waals surface area contributed by atoms with Gasteiger partial charge in [-0.1, -0.05) is 91.8 Å². The first-order valence-corrected chi connectivity index (χ1v) is 13.9. The van der Waals surface area contributed by atoms with E-state index in [0.29, 0.717) is 6.54 Å². The quantitative estimate of drug-likeness (QED) is 0.0987. The molecule has 0 atom stereocenters. The maximum Gasteiger partial charge on any atom is 0.112 e. The summed E-state index contributed by atoms with van der Waals surface area (Å²) in [5.41, 5.74) is 8.33. The molecule has 0 aliphatic carbocycles. The van der Waals surface area contributed by atoms with Gasteiger partial charge in [0.25, 0.3) is 0 Å². The summed E-state index contributed by atoms with van der Waals surface area (Å²) in [5.74, 6) is 0. The normalized spacial score (nSPS) is 10.8. The summed E-state index contributed by atoms with van der Waals surface area (Å²) < 4.78 is 0. The lowest BCUT2D eigenvalue weighted by molar-refractivity contribution is -0.00000648. The largest absolute Gasteiger partial charge is 1.00 e. The molecule has 3 rings (SSSR count). The smallest absolute Gasteiger partial charge is 0.112 e. The van der Waals surface area contributed by atoms with Crippen molar-refractivity contribution in [2.24, 2.45) is 5.11 Å². The number of hydrogen-bond acceptors (Lipinski definition) is 1. The number of hydrogen-bond donors (Lipinski definition) is 0. The predicted octanol–water partition coefficient (Wildman–Crippen LogP) is 4.42. The first-order chi connectivity index (χ1) is 15.9. The van der Waals surface area contributed by atoms with Gasteiger partial charge in [-0.15, -0.1) is 0 Å². The molecule has 0 fully saturated rings. The molecule has 0 bridgehead atoms. The maximum absolute atomic E-state index is 8.33. The Morgan fingerprint density at radius 3 is 1.30 bits per heavy atom. The number of unbranched alkanes of at least 4 members (excludes halogenated alkanes) is 7. The van der Waals surface area contributed by atoms with Crippen LogP contribution in [0, 0.1) is 0 Å². The van der Waals surface area contributed by atoms with Crippen molar-refractivity contribution in [1.82, 2.24) is 0 Å². The van der Waals surface area contributed by atoms with E-state index in [1.807, 2.05) is 0 Å². The molecule has 0 spiro atoms. The van der Waals surface area contributed by atoms with Crippen molar-refractivity contribution in [3.63, 3.8) is 0 Å². The van der Waals surface area contributed by atoms with Crippen LogP contribution in [0.5, 0.6) is 0 Å². The van der Waals surface area contributed by atoms with Crippen LogP contribution >= 0.6 is 7.26 Å². The highest BCUT2D eigenvalue weighted by atomic mass is 79.9. The van der Waals surface area contributed by atoms with Gasteiger partial charge < -0.3 is 17.0 Å². The summed E-state index contributed by atoms with van der Waals surface area (Å²) in [4.78, 5) is 2.82. The van der Waals surface area contributed by atoms with Crippen molar-refractivity contribution < 1.29 is 17.0 Å². The molecule has 174 valence electrons. The highest BCUT2D eigenvalue weighted by Gasteiger charge is 2.44. The molecule has 5 heteroatoms. The van der Waals surface area contributed by atoms with E-state index in [2.05, 4.69) is 101 Å². The van der Waals surface area contributed by atoms with Crippen LogP contribution in [0.15, 0.2) is 96.1 Å². The highest BCUT2D eigenvalue weighted by Crippen LogP contribution is 2.55. The van der Waals surface area contributed by atoms with E-state index in [0.717, 1.165) is 6.42 Å². The van der Waals surface area contributed by atoms with Crippen LogP contribution < -0.4 is 32.9 Å². The molecule has 0 aliphatic heterocycles. The van der Waals surface area contributed by atoms with Crippen molar-refractivity contribution in [2.45, 2.75) is 51.4 Å². The lowest BCUT2D eigenvalue weighted by Crippen LogP contribution is -3.00. The topological polar surface area (TPSA) is 48.8 Å². The summed E-state index contributed by atoms with van der Waals surface area (Å²) in [6, 6.07) is 33.6. The van der Waals surface area contributed by atoms with Crippen LogP contribution in [0.1, 0.15) is 51.4 Å². The summed E-state index contributed by atoms with van der Waals surface area (Å²) in [7, 11) is -1.67. The van der Waals surface area contributed by atoms with E-state index >= 15 is 0 Å². The number of rotatable bonds is 14. The summed E-state index contributed by atoms with van der Waals surface area (Å²) in [6.07, 6.45) is 11.1. The van der Waals surface area contributed by atoms with Crippen LogP contribution in [-0.2, 0) is 0 Å². The first-order valence-electron chi connectivity index (χ1n) is 11.9. The number of azide groups is 1. The summed E-state index contributed by atoms with van der Waals surface area (Å²) in [5, 5.41) is 8.06. The van der Waals surface area contributed by atoms with Gasteiger partial charge in [-0.3, -0.25) is 0 Å². The van der Waals surface area contributed by atoms with Crippen molar-refractivity contribution in [2.75, 3.05) is 12.7 Å². The van der Waals surface area contributed by atoms with Crippen molar-refractivity contribution in [1.29, 1.82) is 0 Å². The third-order valence-electron chi connectivity index (χ3n) is 6.16. The minimum absolute atomic E-state index is 0. The van der Waals surface area contributed by atoms with Gasteiger partial charge in [-0.05, 0) is 61.2 Å². The lowest BCUT2D eigenvalue weighted by Gasteiger charge is -2.27. The Morgan fingerprint density at radius 2 is 0.909 bits per heavy atom. The van der Waals surface area contributed by atoms with Gasteiger partial charge in [0.05, 0.1) is 6.16 Å².